The summed E-state index contributed by atoms with van der Waals surface area (Å²) in [5.41, 5.74) is 4.18. The highest BCUT2D eigenvalue weighted by Crippen LogP contribution is 2.25. The van der Waals surface area contributed by atoms with Crippen molar-refractivity contribution in [3.8, 4) is 0 Å². The number of benzene rings is 1. The molecule has 19 heavy (non-hydrogen) atoms. The summed E-state index contributed by atoms with van der Waals surface area (Å²) >= 11 is 1.53. The third kappa shape index (κ3) is 3.10. The van der Waals surface area contributed by atoms with E-state index in [4.69, 9.17) is 4.42 Å². The SMILES string of the molecule is Cc1cc(C)c(C(=O)CSc2ccoc2C)c(C)c1. The summed E-state index contributed by atoms with van der Waals surface area (Å²) < 4.78 is 5.23. The van der Waals surface area contributed by atoms with Gasteiger partial charge in [0.15, 0.2) is 5.78 Å². The minimum absolute atomic E-state index is 0.181. The van der Waals surface area contributed by atoms with E-state index in [2.05, 4.69) is 19.1 Å². The number of aryl methyl sites for hydroxylation is 4. The fourth-order valence-electron chi connectivity index (χ4n) is 2.36. The third-order valence-corrected chi connectivity index (χ3v) is 4.27. The average Bonchev–Trinajstić information content (AvgIpc) is 2.70. The number of carbonyl (C=O) groups excluding carboxylic acids is 1. The fraction of sp³-hybridized carbons (Fsp3) is 0.312. The first kappa shape index (κ1) is 13.9. The van der Waals surface area contributed by atoms with Crippen molar-refractivity contribution in [3.05, 3.63) is 52.5 Å². The summed E-state index contributed by atoms with van der Waals surface area (Å²) in [6, 6.07) is 6.03. The molecule has 1 aromatic heterocycles. The molecule has 0 saturated carbocycles. The molecule has 0 aliphatic heterocycles. The first-order chi connectivity index (χ1) is 8.99. The average molecular weight is 274 g/mol. The second-order valence-electron chi connectivity index (χ2n) is 4.83. The lowest BCUT2D eigenvalue weighted by Crippen LogP contribution is -2.07. The fourth-order valence-corrected chi connectivity index (χ4v) is 3.19. The van der Waals surface area contributed by atoms with Crippen molar-refractivity contribution in [1.82, 2.24) is 0 Å². The van der Waals surface area contributed by atoms with Gasteiger partial charge in [-0.3, -0.25) is 4.79 Å². The molecular formula is C16H18O2S. The molecule has 0 N–H and O–H groups in total. The van der Waals surface area contributed by atoms with E-state index in [1.807, 2.05) is 26.8 Å². The van der Waals surface area contributed by atoms with E-state index in [1.54, 1.807) is 6.26 Å². The Balaban J connectivity index is 2.15. The summed E-state index contributed by atoms with van der Waals surface area (Å²) in [6.07, 6.45) is 1.66. The molecule has 0 amide bonds. The molecule has 0 radical (unpaired) electrons. The Bertz CT molecular complexity index is 588. The summed E-state index contributed by atoms with van der Waals surface area (Å²) in [6.45, 7) is 7.97. The Kier molecular flexibility index (Phi) is 4.15. The standard InChI is InChI=1S/C16H18O2S/c1-10-7-11(2)16(12(3)8-10)14(17)9-19-15-5-6-18-13(15)4/h5-8H,9H2,1-4H3. The van der Waals surface area contributed by atoms with Crippen molar-refractivity contribution in [2.45, 2.75) is 32.6 Å². The van der Waals surface area contributed by atoms with Gasteiger partial charge in [-0.25, -0.2) is 0 Å². The minimum atomic E-state index is 0.181. The molecule has 1 aromatic carbocycles. The van der Waals surface area contributed by atoms with E-state index in [1.165, 1.54) is 17.3 Å². The molecule has 0 fully saturated rings. The molecule has 2 aromatic rings. The number of hydrogen-bond acceptors (Lipinski definition) is 3. The zero-order valence-corrected chi connectivity index (χ0v) is 12.6. The number of ketones is 1. The number of carbonyl (C=O) groups is 1. The molecular weight excluding hydrogens is 256 g/mol. The van der Waals surface area contributed by atoms with Crippen LogP contribution in [0.25, 0.3) is 0 Å². The largest absolute Gasteiger partial charge is 0.468 e. The summed E-state index contributed by atoms with van der Waals surface area (Å²) in [7, 11) is 0. The van der Waals surface area contributed by atoms with Gasteiger partial charge in [-0.2, -0.15) is 0 Å². The van der Waals surface area contributed by atoms with Crippen LogP contribution in [-0.4, -0.2) is 11.5 Å². The molecule has 2 rings (SSSR count). The van der Waals surface area contributed by atoms with Gasteiger partial charge in [0.25, 0.3) is 0 Å². The lowest BCUT2D eigenvalue weighted by atomic mass is 9.97. The highest BCUT2D eigenvalue weighted by Gasteiger charge is 2.14. The van der Waals surface area contributed by atoms with Crippen molar-refractivity contribution in [1.29, 1.82) is 0 Å². The number of furan rings is 1. The monoisotopic (exact) mass is 274 g/mol. The van der Waals surface area contributed by atoms with Gasteiger partial charge >= 0.3 is 0 Å². The van der Waals surface area contributed by atoms with Gasteiger partial charge in [-0.15, -0.1) is 11.8 Å². The van der Waals surface area contributed by atoms with Gasteiger partial charge in [-0.05, 0) is 44.9 Å². The lowest BCUT2D eigenvalue weighted by molar-refractivity contribution is 0.102. The minimum Gasteiger partial charge on any atom is -0.468 e. The van der Waals surface area contributed by atoms with Crippen LogP contribution in [-0.2, 0) is 0 Å². The molecule has 1 heterocycles. The van der Waals surface area contributed by atoms with Gasteiger partial charge in [0.1, 0.15) is 5.76 Å². The lowest BCUT2D eigenvalue weighted by Gasteiger charge is -2.10. The molecule has 2 nitrogen and oxygen atoms in total. The molecule has 0 spiro atoms. The highest BCUT2D eigenvalue weighted by atomic mass is 32.2. The van der Waals surface area contributed by atoms with Crippen molar-refractivity contribution in [2.24, 2.45) is 0 Å². The second-order valence-corrected chi connectivity index (χ2v) is 5.84. The van der Waals surface area contributed by atoms with Crippen molar-refractivity contribution >= 4 is 17.5 Å². The molecule has 100 valence electrons. The van der Waals surface area contributed by atoms with E-state index >= 15 is 0 Å². The van der Waals surface area contributed by atoms with E-state index in [0.717, 1.165) is 27.3 Å². The van der Waals surface area contributed by atoms with Crippen molar-refractivity contribution < 1.29 is 9.21 Å². The Morgan fingerprint density at radius 1 is 1.16 bits per heavy atom. The smallest absolute Gasteiger partial charge is 0.173 e. The molecule has 0 atom stereocenters. The van der Waals surface area contributed by atoms with Crippen LogP contribution in [0.15, 0.2) is 33.8 Å². The Labute approximate surface area is 118 Å². The van der Waals surface area contributed by atoms with Crippen LogP contribution in [0.4, 0.5) is 0 Å². The predicted octanol–water partition coefficient (Wildman–Crippen LogP) is 4.49. The Morgan fingerprint density at radius 3 is 2.32 bits per heavy atom. The van der Waals surface area contributed by atoms with Gasteiger partial charge in [0, 0.05) is 10.5 Å². The first-order valence-corrected chi connectivity index (χ1v) is 7.25. The van der Waals surface area contributed by atoms with Crippen molar-refractivity contribution in [3.63, 3.8) is 0 Å². The molecule has 0 bridgehead atoms. The quantitative estimate of drug-likeness (QED) is 0.608. The van der Waals surface area contributed by atoms with E-state index < -0.39 is 0 Å². The predicted molar refractivity (Wildman–Crippen MR) is 79.2 cm³/mol. The van der Waals surface area contributed by atoms with Gasteiger partial charge < -0.3 is 4.42 Å². The topological polar surface area (TPSA) is 30.2 Å². The zero-order chi connectivity index (χ0) is 14.0. The van der Waals surface area contributed by atoms with Crippen LogP contribution in [0, 0.1) is 27.7 Å². The van der Waals surface area contributed by atoms with Crippen molar-refractivity contribution in [2.75, 3.05) is 5.75 Å². The van der Waals surface area contributed by atoms with Crippen LogP contribution in [0.5, 0.6) is 0 Å². The van der Waals surface area contributed by atoms with E-state index in [9.17, 15) is 4.79 Å². The molecule has 0 aliphatic rings. The second kappa shape index (κ2) is 5.66. The number of thioether (sulfide) groups is 1. The van der Waals surface area contributed by atoms with Gasteiger partial charge in [0.2, 0.25) is 0 Å². The maximum atomic E-state index is 12.4. The maximum absolute atomic E-state index is 12.4. The molecule has 0 aliphatic carbocycles. The number of rotatable bonds is 4. The Morgan fingerprint density at radius 2 is 1.79 bits per heavy atom. The van der Waals surface area contributed by atoms with Gasteiger partial charge in [0.05, 0.1) is 12.0 Å². The normalized spacial score (nSPS) is 10.7. The van der Waals surface area contributed by atoms with Crippen LogP contribution < -0.4 is 0 Å². The van der Waals surface area contributed by atoms with Crippen LogP contribution in [0.2, 0.25) is 0 Å². The summed E-state index contributed by atoms with van der Waals surface area (Å²) in [5, 5.41) is 0. The maximum Gasteiger partial charge on any atom is 0.173 e. The number of hydrogen-bond donors (Lipinski definition) is 0. The molecule has 0 saturated heterocycles. The summed E-state index contributed by atoms with van der Waals surface area (Å²) in [5.74, 6) is 1.50. The number of Topliss-reactive ketones (excluding diaryl/α,β-unsaturated/α-hetero) is 1. The zero-order valence-electron chi connectivity index (χ0n) is 11.7. The molecule has 3 heteroatoms. The highest BCUT2D eigenvalue weighted by molar-refractivity contribution is 8.00. The van der Waals surface area contributed by atoms with Crippen LogP contribution in [0.1, 0.15) is 32.8 Å². The third-order valence-electron chi connectivity index (χ3n) is 3.13. The van der Waals surface area contributed by atoms with E-state index in [0.29, 0.717) is 5.75 Å². The molecule has 0 unspecified atom stereocenters. The Hall–Kier alpha value is -1.48. The first-order valence-electron chi connectivity index (χ1n) is 6.27. The van der Waals surface area contributed by atoms with E-state index in [-0.39, 0.29) is 5.78 Å². The summed E-state index contributed by atoms with van der Waals surface area (Å²) in [4.78, 5) is 13.4. The van der Waals surface area contributed by atoms with Crippen LogP contribution >= 0.6 is 11.8 Å². The van der Waals surface area contributed by atoms with Gasteiger partial charge in [-0.1, -0.05) is 17.7 Å². The van der Waals surface area contributed by atoms with Crippen LogP contribution in [0.3, 0.4) is 0 Å².